The Morgan fingerprint density at radius 1 is 1.45 bits per heavy atom. The van der Waals surface area contributed by atoms with Gasteiger partial charge in [0, 0.05) is 21.1 Å². The lowest BCUT2D eigenvalue weighted by molar-refractivity contribution is 0.102. The molecule has 0 spiro atoms. The molecule has 0 aliphatic rings. The van der Waals surface area contributed by atoms with Crippen molar-refractivity contribution in [3.05, 3.63) is 45.1 Å². The van der Waals surface area contributed by atoms with Gasteiger partial charge in [0.05, 0.1) is 13.3 Å². The molecule has 0 atom stereocenters. The molecule has 1 heterocycles. The zero-order chi connectivity index (χ0) is 14.9. The molecule has 0 bridgehead atoms. The van der Waals surface area contributed by atoms with Crippen LogP contribution in [0.2, 0.25) is 5.02 Å². The molecule has 0 aliphatic heterocycles. The van der Waals surface area contributed by atoms with Gasteiger partial charge in [-0.2, -0.15) is 5.10 Å². The maximum Gasteiger partial charge on any atom is 0.216 e. The maximum atomic E-state index is 12.8. The van der Waals surface area contributed by atoms with E-state index in [9.17, 15) is 4.79 Å². The second kappa shape index (κ2) is 5.97. The molecule has 0 amide bonds. The molecule has 0 N–H and O–H groups in total. The van der Waals surface area contributed by atoms with E-state index in [2.05, 4.69) is 21.0 Å². The third-order valence-corrected chi connectivity index (χ3v) is 3.79. The number of carbonyl (C=O) groups is 1. The van der Waals surface area contributed by atoms with Gasteiger partial charge in [-0.15, -0.1) is 0 Å². The first-order valence-corrected chi connectivity index (χ1v) is 7.24. The van der Waals surface area contributed by atoms with Gasteiger partial charge in [-0.3, -0.25) is 9.48 Å². The number of ether oxygens (including phenoxy) is 1. The topological polar surface area (TPSA) is 44.1 Å². The van der Waals surface area contributed by atoms with Crippen molar-refractivity contribution in [2.45, 2.75) is 19.9 Å². The summed E-state index contributed by atoms with van der Waals surface area (Å²) in [6.07, 6.45) is 1.55. The van der Waals surface area contributed by atoms with Gasteiger partial charge >= 0.3 is 0 Å². The molecule has 0 saturated heterocycles. The fourth-order valence-corrected chi connectivity index (χ4v) is 2.50. The molecular formula is C14H14BrClN2O2. The first-order valence-electron chi connectivity index (χ1n) is 6.07. The Hall–Kier alpha value is -1.33. The van der Waals surface area contributed by atoms with Crippen LogP contribution in [0, 0.1) is 0 Å². The molecule has 20 heavy (non-hydrogen) atoms. The van der Waals surface area contributed by atoms with Crippen LogP contribution < -0.4 is 4.74 Å². The van der Waals surface area contributed by atoms with E-state index in [-0.39, 0.29) is 11.8 Å². The van der Waals surface area contributed by atoms with E-state index in [0.29, 0.717) is 26.5 Å². The number of methoxy groups -OCH3 is 1. The van der Waals surface area contributed by atoms with Gasteiger partial charge in [-0.1, -0.05) is 27.5 Å². The molecule has 106 valence electrons. The van der Waals surface area contributed by atoms with Crippen LogP contribution in [0.15, 0.2) is 28.9 Å². The van der Waals surface area contributed by atoms with Crippen molar-refractivity contribution in [1.82, 2.24) is 9.78 Å². The zero-order valence-electron chi connectivity index (χ0n) is 11.4. The lowest BCUT2D eigenvalue weighted by Crippen LogP contribution is -2.14. The predicted octanol–water partition coefficient (Wildman–Crippen LogP) is 4.12. The molecular weight excluding hydrogens is 344 g/mol. The quantitative estimate of drug-likeness (QED) is 0.773. The minimum absolute atomic E-state index is 0.0517. The molecule has 2 rings (SSSR count). The van der Waals surface area contributed by atoms with E-state index in [4.69, 9.17) is 16.3 Å². The van der Waals surface area contributed by atoms with Gasteiger partial charge in [-0.25, -0.2) is 0 Å². The Morgan fingerprint density at radius 3 is 2.75 bits per heavy atom. The van der Waals surface area contributed by atoms with E-state index < -0.39 is 0 Å². The minimum atomic E-state index is -0.178. The molecule has 2 aromatic rings. The van der Waals surface area contributed by atoms with Crippen molar-refractivity contribution < 1.29 is 9.53 Å². The molecule has 0 unspecified atom stereocenters. The molecule has 1 aromatic heterocycles. The van der Waals surface area contributed by atoms with Gasteiger partial charge in [0.15, 0.2) is 11.4 Å². The van der Waals surface area contributed by atoms with E-state index >= 15 is 0 Å². The van der Waals surface area contributed by atoms with Gasteiger partial charge in [-0.05, 0) is 32.0 Å². The van der Waals surface area contributed by atoms with Crippen LogP contribution in [-0.4, -0.2) is 22.7 Å². The van der Waals surface area contributed by atoms with Crippen molar-refractivity contribution >= 4 is 33.3 Å². The van der Waals surface area contributed by atoms with Gasteiger partial charge < -0.3 is 4.74 Å². The lowest BCUT2D eigenvalue weighted by atomic mass is 10.1. The Balaban J connectivity index is 2.58. The number of nitrogens with zero attached hydrogens (tertiary/aromatic N) is 2. The van der Waals surface area contributed by atoms with Crippen LogP contribution in [0.5, 0.6) is 5.75 Å². The normalized spacial score (nSPS) is 10.9. The highest BCUT2D eigenvalue weighted by atomic mass is 79.9. The average Bonchev–Trinajstić information content (AvgIpc) is 2.84. The highest BCUT2D eigenvalue weighted by molar-refractivity contribution is 9.10. The monoisotopic (exact) mass is 356 g/mol. The molecule has 0 fully saturated rings. The van der Waals surface area contributed by atoms with Crippen LogP contribution >= 0.6 is 27.5 Å². The summed E-state index contributed by atoms with van der Waals surface area (Å²) in [4.78, 5) is 12.8. The average molecular weight is 358 g/mol. The summed E-state index contributed by atoms with van der Waals surface area (Å²) in [5.74, 6) is 0.276. The summed E-state index contributed by atoms with van der Waals surface area (Å²) in [7, 11) is 1.52. The SMILES string of the molecule is COc1cnn(C(C)C)c1C(=O)c1cc(Cl)ccc1Br. The molecule has 1 aromatic carbocycles. The number of rotatable bonds is 4. The highest BCUT2D eigenvalue weighted by Gasteiger charge is 2.24. The second-order valence-electron chi connectivity index (χ2n) is 4.55. The zero-order valence-corrected chi connectivity index (χ0v) is 13.7. The lowest BCUT2D eigenvalue weighted by Gasteiger charge is -2.12. The van der Waals surface area contributed by atoms with Gasteiger partial charge in [0.25, 0.3) is 0 Å². The van der Waals surface area contributed by atoms with Gasteiger partial charge in [0.2, 0.25) is 5.78 Å². The third kappa shape index (κ3) is 2.74. The Labute approximate surface area is 130 Å². The number of hydrogen-bond donors (Lipinski definition) is 0. The van der Waals surface area contributed by atoms with E-state index in [1.807, 2.05) is 13.8 Å². The molecule has 0 radical (unpaired) electrons. The highest BCUT2D eigenvalue weighted by Crippen LogP contribution is 2.28. The molecule has 4 nitrogen and oxygen atoms in total. The Bertz CT molecular complexity index is 653. The fourth-order valence-electron chi connectivity index (χ4n) is 1.90. The first kappa shape index (κ1) is 15.1. The summed E-state index contributed by atoms with van der Waals surface area (Å²) in [5.41, 5.74) is 0.906. The van der Waals surface area contributed by atoms with E-state index in [1.54, 1.807) is 29.1 Å². The summed E-state index contributed by atoms with van der Waals surface area (Å²) in [6.45, 7) is 3.91. The smallest absolute Gasteiger partial charge is 0.216 e. The van der Waals surface area contributed by atoms with Gasteiger partial charge in [0.1, 0.15) is 0 Å². The Kier molecular flexibility index (Phi) is 4.50. The largest absolute Gasteiger partial charge is 0.493 e. The summed E-state index contributed by atoms with van der Waals surface area (Å²) in [5, 5.41) is 4.71. The summed E-state index contributed by atoms with van der Waals surface area (Å²) >= 11 is 9.35. The van der Waals surface area contributed by atoms with Crippen molar-refractivity contribution in [2.75, 3.05) is 7.11 Å². The number of benzene rings is 1. The van der Waals surface area contributed by atoms with Crippen molar-refractivity contribution in [2.24, 2.45) is 0 Å². The third-order valence-electron chi connectivity index (χ3n) is 2.86. The molecule has 0 aliphatic carbocycles. The van der Waals surface area contributed by atoms with Crippen LogP contribution in [-0.2, 0) is 0 Å². The first-order chi connectivity index (χ1) is 9.45. The minimum Gasteiger partial charge on any atom is -0.493 e. The second-order valence-corrected chi connectivity index (χ2v) is 5.84. The van der Waals surface area contributed by atoms with Crippen molar-refractivity contribution in [3.8, 4) is 5.75 Å². The fraction of sp³-hybridized carbons (Fsp3) is 0.286. The number of carbonyl (C=O) groups excluding carboxylic acids is 1. The number of hydrogen-bond acceptors (Lipinski definition) is 3. The van der Waals surface area contributed by atoms with Crippen LogP contribution in [0.3, 0.4) is 0 Å². The maximum absolute atomic E-state index is 12.8. The Morgan fingerprint density at radius 2 is 2.15 bits per heavy atom. The predicted molar refractivity (Wildman–Crippen MR) is 81.7 cm³/mol. The standard InChI is InChI=1S/C14H14BrClN2O2/c1-8(2)18-13(12(20-3)7-17-18)14(19)10-6-9(16)4-5-11(10)15/h4-8H,1-3H3. The van der Waals surface area contributed by atoms with Crippen LogP contribution in [0.25, 0.3) is 0 Å². The van der Waals surface area contributed by atoms with Crippen LogP contribution in [0.1, 0.15) is 35.9 Å². The van der Waals surface area contributed by atoms with Crippen molar-refractivity contribution in [1.29, 1.82) is 0 Å². The van der Waals surface area contributed by atoms with E-state index in [0.717, 1.165) is 0 Å². The number of aromatic nitrogens is 2. The molecule has 0 saturated carbocycles. The number of ketones is 1. The van der Waals surface area contributed by atoms with Crippen LogP contribution in [0.4, 0.5) is 0 Å². The van der Waals surface area contributed by atoms with E-state index in [1.165, 1.54) is 7.11 Å². The molecule has 6 heteroatoms. The van der Waals surface area contributed by atoms with Crippen molar-refractivity contribution in [3.63, 3.8) is 0 Å². The summed E-state index contributed by atoms with van der Waals surface area (Å²) < 4.78 is 7.57. The summed E-state index contributed by atoms with van der Waals surface area (Å²) in [6, 6.07) is 5.15. The number of halogens is 2.